The highest BCUT2D eigenvalue weighted by Crippen LogP contribution is 2.26. The number of carbonyl (C=O) groups is 2. The average Bonchev–Trinajstić information content (AvgIpc) is 3.02. The highest BCUT2D eigenvalue weighted by atomic mass is 32.2. The van der Waals surface area contributed by atoms with E-state index in [1.807, 2.05) is 0 Å². The van der Waals surface area contributed by atoms with Gasteiger partial charge >= 0.3 is 5.97 Å². The lowest BCUT2D eigenvalue weighted by Gasteiger charge is -2.34. The highest BCUT2D eigenvalue weighted by Gasteiger charge is 2.31. The number of sulfonamides is 1. The molecule has 0 aliphatic carbocycles. The lowest BCUT2D eigenvalue weighted by molar-refractivity contribution is 0.0530. The van der Waals surface area contributed by atoms with E-state index in [0.717, 1.165) is 17.8 Å². The van der Waals surface area contributed by atoms with E-state index in [0.29, 0.717) is 40.3 Å². The first-order chi connectivity index (χ1) is 15.0. The molecule has 2 atom stereocenters. The molecule has 1 fully saturated rings. The van der Waals surface area contributed by atoms with Crippen LogP contribution in [0.4, 0.5) is 0 Å². The maximum absolute atomic E-state index is 13.0. The Labute approximate surface area is 192 Å². The Kier molecular flexibility index (Phi) is 7.36. The van der Waals surface area contributed by atoms with E-state index >= 15 is 0 Å². The van der Waals surface area contributed by atoms with Gasteiger partial charge in [-0.3, -0.25) is 4.79 Å². The van der Waals surface area contributed by atoms with E-state index in [4.69, 9.17) is 4.74 Å². The molecule has 1 saturated heterocycles. The van der Waals surface area contributed by atoms with Crippen LogP contribution in [0.3, 0.4) is 0 Å². The van der Waals surface area contributed by atoms with Crippen molar-refractivity contribution in [3.8, 4) is 0 Å². The molecule has 0 spiro atoms. The number of amides is 1. The van der Waals surface area contributed by atoms with Gasteiger partial charge in [0, 0.05) is 31.4 Å². The van der Waals surface area contributed by atoms with Crippen molar-refractivity contribution in [1.82, 2.24) is 8.87 Å². The minimum atomic E-state index is -3.62. The molecule has 8 nitrogen and oxygen atoms in total. The fourth-order valence-corrected chi connectivity index (χ4v) is 6.58. The third-order valence-electron chi connectivity index (χ3n) is 5.54. The Hall–Kier alpha value is -2.30. The smallest absolute Gasteiger partial charge is 0.350 e. The predicted octanol–water partition coefficient (Wildman–Crippen LogP) is 2.98. The van der Waals surface area contributed by atoms with Crippen molar-refractivity contribution in [3.05, 3.63) is 45.2 Å². The molecule has 1 aromatic carbocycles. The number of thiazole rings is 1. The predicted molar refractivity (Wildman–Crippen MR) is 122 cm³/mol. The lowest BCUT2D eigenvalue weighted by Crippen LogP contribution is -2.42. The fraction of sp³-hybridized carbons (Fsp3) is 0.500. The zero-order valence-corrected chi connectivity index (χ0v) is 20.6. The molecule has 10 heteroatoms. The fourth-order valence-electron chi connectivity index (χ4n) is 3.89. The first kappa shape index (κ1) is 24.3. The van der Waals surface area contributed by atoms with Gasteiger partial charge in [-0.25, -0.2) is 13.2 Å². The van der Waals surface area contributed by atoms with Crippen molar-refractivity contribution < 1.29 is 22.7 Å². The summed E-state index contributed by atoms with van der Waals surface area (Å²) >= 11 is 1.08. The summed E-state index contributed by atoms with van der Waals surface area (Å²) in [7, 11) is -1.90. The number of aromatic nitrogens is 1. The van der Waals surface area contributed by atoms with Crippen LogP contribution in [0.25, 0.3) is 0 Å². The van der Waals surface area contributed by atoms with Crippen molar-refractivity contribution in [1.29, 1.82) is 0 Å². The number of carbonyl (C=O) groups excluding carboxylic acids is 2. The van der Waals surface area contributed by atoms with Gasteiger partial charge in [0.15, 0.2) is 4.80 Å². The van der Waals surface area contributed by atoms with Gasteiger partial charge in [0.2, 0.25) is 10.0 Å². The molecule has 1 amide bonds. The van der Waals surface area contributed by atoms with E-state index in [9.17, 15) is 18.0 Å². The molecule has 0 unspecified atom stereocenters. The standard InChI is InChI=1S/C22H29N3O5S2/c1-6-30-21(27)19-16(4)24(5)22(31-19)23-20(26)17-7-9-18(10-8-17)32(28,29)25-12-14(2)11-15(3)13-25/h7-10,14-15H,6,11-13H2,1-5H3/t14-,15-/m1/s1. The second kappa shape index (κ2) is 9.68. The SMILES string of the molecule is CCOC(=O)c1sc(=NC(=O)c2ccc(S(=O)(=O)N3C[C@H](C)C[C@@H](C)C3)cc2)n(C)c1C. The number of rotatable bonds is 5. The number of nitrogens with zero attached hydrogens (tertiary/aromatic N) is 3. The maximum Gasteiger partial charge on any atom is 0.350 e. The molecule has 1 aliphatic rings. The second-order valence-electron chi connectivity index (χ2n) is 8.29. The number of hydrogen-bond acceptors (Lipinski definition) is 6. The topological polar surface area (TPSA) is 98.0 Å². The van der Waals surface area contributed by atoms with Crippen LogP contribution in [0.1, 0.15) is 52.9 Å². The molecule has 0 saturated carbocycles. The molecule has 174 valence electrons. The molecule has 32 heavy (non-hydrogen) atoms. The van der Waals surface area contributed by atoms with Crippen molar-refractivity contribution in [2.24, 2.45) is 23.9 Å². The minimum Gasteiger partial charge on any atom is -0.462 e. The molecule has 0 N–H and O–H groups in total. The summed E-state index contributed by atoms with van der Waals surface area (Å²) in [5.74, 6) is -0.345. The lowest BCUT2D eigenvalue weighted by atomic mass is 9.94. The molecule has 1 aliphatic heterocycles. The minimum absolute atomic E-state index is 0.164. The molecular formula is C22H29N3O5S2. The van der Waals surface area contributed by atoms with E-state index < -0.39 is 21.9 Å². The van der Waals surface area contributed by atoms with E-state index in [1.54, 1.807) is 25.5 Å². The van der Waals surface area contributed by atoms with Gasteiger partial charge in [0.05, 0.1) is 11.5 Å². The maximum atomic E-state index is 13.0. The number of benzene rings is 1. The van der Waals surface area contributed by atoms with Crippen molar-refractivity contribution >= 4 is 33.2 Å². The molecule has 0 bridgehead atoms. The van der Waals surface area contributed by atoms with Gasteiger partial charge in [-0.05, 0) is 56.4 Å². The number of hydrogen-bond donors (Lipinski definition) is 0. The van der Waals surface area contributed by atoms with Gasteiger partial charge in [-0.2, -0.15) is 9.30 Å². The zero-order valence-electron chi connectivity index (χ0n) is 19.0. The van der Waals surface area contributed by atoms with Gasteiger partial charge in [0.25, 0.3) is 5.91 Å². The Morgan fingerprint density at radius 1 is 1.16 bits per heavy atom. The van der Waals surface area contributed by atoms with Crippen molar-refractivity contribution in [2.45, 2.75) is 39.0 Å². The van der Waals surface area contributed by atoms with Gasteiger partial charge in [-0.1, -0.05) is 25.2 Å². The number of piperidine rings is 1. The largest absolute Gasteiger partial charge is 0.462 e. The van der Waals surface area contributed by atoms with Crippen molar-refractivity contribution in [2.75, 3.05) is 19.7 Å². The number of ether oxygens (including phenoxy) is 1. The second-order valence-corrected chi connectivity index (χ2v) is 11.2. The van der Waals surface area contributed by atoms with Crippen LogP contribution in [0.2, 0.25) is 0 Å². The van der Waals surface area contributed by atoms with Gasteiger partial charge in [-0.15, -0.1) is 0 Å². The van der Waals surface area contributed by atoms with Crippen LogP contribution in [0.15, 0.2) is 34.2 Å². The Morgan fingerprint density at radius 3 is 2.31 bits per heavy atom. The Balaban J connectivity index is 1.84. The third kappa shape index (κ3) is 5.02. The first-order valence-corrected chi connectivity index (χ1v) is 12.8. The molecule has 3 rings (SSSR count). The molecule has 2 heterocycles. The van der Waals surface area contributed by atoms with E-state index in [-0.39, 0.29) is 17.1 Å². The van der Waals surface area contributed by atoms with Crippen LogP contribution in [0.5, 0.6) is 0 Å². The highest BCUT2D eigenvalue weighted by molar-refractivity contribution is 7.89. The van der Waals surface area contributed by atoms with Gasteiger partial charge in [0.1, 0.15) is 4.88 Å². The summed E-state index contributed by atoms with van der Waals surface area (Å²) in [6.07, 6.45) is 1.01. The first-order valence-electron chi connectivity index (χ1n) is 10.6. The molecule has 1 aromatic heterocycles. The summed E-state index contributed by atoms with van der Waals surface area (Å²) in [5.41, 5.74) is 0.930. The zero-order chi connectivity index (χ0) is 23.6. The molecular weight excluding hydrogens is 450 g/mol. The van der Waals surface area contributed by atoms with Crippen LogP contribution in [0, 0.1) is 18.8 Å². The normalized spacial score (nSPS) is 20.3. The van der Waals surface area contributed by atoms with Crippen LogP contribution >= 0.6 is 11.3 Å². The molecule has 2 aromatic rings. The summed E-state index contributed by atoms with van der Waals surface area (Å²) in [6, 6.07) is 5.85. The van der Waals surface area contributed by atoms with Crippen molar-refractivity contribution in [3.63, 3.8) is 0 Å². The summed E-state index contributed by atoms with van der Waals surface area (Å²) in [6.45, 7) is 8.86. The van der Waals surface area contributed by atoms with Gasteiger partial charge < -0.3 is 9.30 Å². The summed E-state index contributed by atoms with van der Waals surface area (Å²) in [5, 5.41) is 0. The van der Waals surface area contributed by atoms with E-state index in [2.05, 4.69) is 18.8 Å². The molecule has 0 radical (unpaired) electrons. The third-order valence-corrected chi connectivity index (χ3v) is 8.60. The van der Waals surface area contributed by atoms with Crippen LogP contribution in [-0.2, 0) is 21.8 Å². The Morgan fingerprint density at radius 2 is 1.75 bits per heavy atom. The summed E-state index contributed by atoms with van der Waals surface area (Å²) in [4.78, 5) is 29.8. The monoisotopic (exact) mass is 479 g/mol. The van der Waals surface area contributed by atoms with Crippen LogP contribution < -0.4 is 4.80 Å². The average molecular weight is 480 g/mol. The quantitative estimate of drug-likeness (QED) is 0.614. The number of esters is 1. The van der Waals surface area contributed by atoms with E-state index in [1.165, 1.54) is 28.6 Å². The van der Waals surface area contributed by atoms with Crippen LogP contribution in [-0.4, -0.2) is 48.9 Å². The Bertz CT molecular complexity index is 1170. The summed E-state index contributed by atoms with van der Waals surface area (Å²) < 4.78 is 34.3.